The fourth-order valence-electron chi connectivity index (χ4n) is 1.41. The first-order valence-corrected chi connectivity index (χ1v) is 9.12. The predicted molar refractivity (Wildman–Crippen MR) is 109 cm³/mol. The highest BCUT2D eigenvalue weighted by molar-refractivity contribution is 5.75. The molecule has 29 heavy (non-hydrogen) atoms. The monoisotopic (exact) mass is 423 g/mol. The zero-order valence-electron chi connectivity index (χ0n) is 17.7. The van der Waals surface area contributed by atoms with Gasteiger partial charge >= 0.3 is 17.9 Å². The third kappa shape index (κ3) is 46.0. The molecule has 0 heterocycles. The number of carbonyl (C=O) groups is 5. The van der Waals surface area contributed by atoms with Crippen molar-refractivity contribution in [1.29, 1.82) is 0 Å². The zero-order valence-corrected chi connectivity index (χ0v) is 17.7. The van der Waals surface area contributed by atoms with E-state index in [1.807, 2.05) is 20.9 Å². The smallest absolute Gasteiger partial charge is 0.320 e. The molecule has 0 aliphatic carbocycles. The second kappa shape index (κ2) is 27.7. The second-order valence-corrected chi connectivity index (χ2v) is 5.94. The molecule has 0 aliphatic heterocycles. The summed E-state index contributed by atoms with van der Waals surface area (Å²) >= 11 is 0. The number of likely N-dealkylation sites (N-methyl/N-ethyl adjacent to an activating group) is 1. The number of carbonyl (C=O) groups excluding carboxylic acids is 2. The van der Waals surface area contributed by atoms with Crippen molar-refractivity contribution < 1.29 is 39.3 Å². The molecule has 1 atom stereocenters. The van der Waals surface area contributed by atoms with Crippen LogP contribution in [0.4, 0.5) is 0 Å². The van der Waals surface area contributed by atoms with Crippen LogP contribution in [-0.4, -0.2) is 72.6 Å². The number of hydrogen-bond donors (Lipinski definition) is 6. The molecule has 0 spiro atoms. The topological polar surface area (TPSA) is 196 Å². The normalized spacial score (nSPS) is 9.97. The molecule has 0 radical (unpaired) electrons. The highest BCUT2D eigenvalue weighted by Gasteiger charge is 2.15. The van der Waals surface area contributed by atoms with Gasteiger partial charge < -0.3 is 36.5 Å². The molecule has 11 heteroatoms. The van der Waals surface area contributed by atoms with Gasteiger partial charge in [0.15, 0.2) is 0 Å². The van der Waals surface area contributed by atoms with Crippen molar-refractivity contribution in [1.82, 2.24) is 10.6 Å². The maximum atomic E-state index is 10.3. The number of aliphatic carboxylic acids is 3. The largest absolute Gasteiger partial charge is 0.481 e. The highest BCUT2D eigenvalue weighted by atomic mass is 16.4. The van der Waals surface area contributed by atoms with E-state index in [9.17, 15) is 19.2 Å². The van der Waals surface area contributed by atoms with Gasteiger partial charge in [-0.2, -0.15) is 0 Å². The summed E-state index contributed by atoms with van der Waals surface area (Å²) in [6.45, 7) is 4.69. The first-order chi connectivity index (χ1) is 13.5. The molecule has 0 aliphatic rings. The molecule has 172 valence electrons. The van der Waals surface area contributed by atoms with Crippen molar-refractivity contribution in [3.8, 4) is 0 Å². The standard InChI is InChI=1S/C7H15NO2.C6H11NO4.C4H8O.CH3NO/c1-8-6-4-2-3-5-7(9)10;1-7-4(6(10)11)2-3-5(8)9;1-4(2)3-5;2-1-3/h8H,2-6H2,1H3,(H,9,10);4,7H,2-3H2,1H3,(H,8,9)(H,10,11);3-4H,1-2H3;1H,(H2,2,3). The number of carboxylic acids is 3. The first kappa shape index (κ1) is 34.0. The summed E-state index contributed by atoms with van der Waals surface area (Å²) < 4.78 is 0. The Labute approximate surface area is 172 Å². The van der Waals surface area contributed by atoms with E-state index in [-0.39, 0.29) is 25.2 Å². The predicted octanol–water partition coefficient (Wildman–Crippen LogP) is 0.317. The number of nitrogens with two attached hydrogens (primary N) is 1. The Morgan fingerprint density at radius 1 is 0.931 bits per heavy atom. The summed E-state index contributed by atoms with van der Waals surface area (Å²) in [6.07, 6.45) is 4.34. The molecule has 0 rings (SSSR count). The van der Waals surface area contributed by atoms with Gasteiger partial charge in [0, 0.05) is 18.8 Å². The molecular formula is C18H37N3O8. The van der Waals surface area contributed by atoms with Gasteiger partial charge in [-0.05, 0) is 39.9 Å². The van der Waals surface area contributed by atoms with Crippen molar-refractivity contribution in [3.63, 3.8) is 0 Å². The van der Waals surface area contributed by atoms with Gasteiger partial charge in [0.1, 0.15) is 12.3 Å². The van der Waals surface area contributed by atoms with Crippen molar-refractivity contribution in [2.75, 3.05) is 20.6 Å². The van der Waals surface area contributed by atoms with E-state index < -0.39 is 23.9 Å². The number of rotatable bonds is 12. The van der Waals surface area contributed by atoms with E-state index in [2.05, 4.69) is 16.4 Å². The fourth-order valence-corrected chi connectivity index (χ4v) is 1.41. The highest BCUT2D eigenvalue weighted by Crippen LogP contribution is 1.98. The number of primary amides is 1. The van der Waals surface area contributed by atoms with Crippen molar-refractivity contribution in [3.05, 3.63) is 0 Å². The summed E-state index contributed by atoms with van der Waals surface area (Å²) in [5, 5.41) is 30.4. The second-order valence-electron chi connectivity index (χ2n) is 5.94. The molecule has 0 saturated carbocycles. The Hall–Kier alpha value is -2.53. The van der Waals surface area contributed by atoms with Crippen molar-refractivity contribution >= 4 is 30.6 Å². The molecule has 1 unspecified atom stereocenters. The Balaban J connectivity index is -0.000000159. The number of unbranched alkanes of at least 4 members (excludes halogenated alkanes) is 2. The van der Waals surface area contributed by atoms with Gasteiger partial charge in [-0.15, -0.1) is 0 Å². The lowest BCUT2D eigenvalue weighted by Crippen LogP contribution is -2.34. The van der Waals surface area contributed by atoms with E-state index in [1.54, 1.807) is 0 Å². The molecule has 0 aromatic heterocycles. The minimum atomic E-state index is -1.02. The van der Waals surface area contributed by atoms with E-state index >= 15 is 0 Å². The van der Waals surface area contributed by atoms with Crippen LogP contribution in [0, 0.1) is 5.92 Å². The van der Waals surface area contributed by atoms with Crippen LogP contribution in [0.25, 0.3) is 0 Å². The van der Waals surface area contributed by atoms with E-state index in [0.29, 0.717) is 6.42 Å². The van der Waals surface area contributed by atoms with E-state index in [1.165, 1.54) is 7.05 Å². The van der Waals surface area contributed by atoms with Gasteiger partial charge in [0.2, 0.25) is 6.41 Å². The Bertz CT molecular complexity index is 431. The van der Waals surface area contributed by atoms with Crippen LogP contribution < -0.4 is 16.4 Å². The molecule has 0 bridgehead atoms. The van der Waals surface area contributed by atoms with Crippen LogP contribution in [0.1, 0.15) is 52.4 Å². The summed E-state index contributed by atoms with van der Waals surface area (Å²) in [5.74, 6) is -2.49. The summed E-state index contributed by atoms with van der Waals surface area (Å²) in [4.78, 5) is 48.4. The molecule has 0 saturated heterocycles. The van der Waals surface area contributed by atoms with Gasteiger partial charge in [0.05, 0.1) is 0 Å². The summed E-state index contributed by atoms with van der Waals surface area (Å²) in [7, 11) is 3.39. The Kier molecular flexibility index (Phi) is 32.5. The molecule has 0 aromatic carbocycles. The van der Waals surface area contributed by atoms with E-state index in [0.717, 1.165) is 32.1 Å². The van der Waals surface area contributed by atoms with Crippen LogP contribution in [-0.2, 0) is 24.0 Å². The zero-order chi connectivity index (χ0) is 23.7. The Morgan fingerprint density at radius 3 is 1.66 bits per heavy atom. The van der Waals surface area contributed by atoms with E-state index in [4.69, 9.17) is 20.1 Å². The third-order valence-corrected chi connectivity index (χ3v) is 2.88. The fraction of sp³-hybridized carbons (Fsp3) is 0.722. The SMILES string of the molecule is CC(C)C=O.CNC(CCC(=O)O)C(=O)O.CNCCCCCC(=O)O.NC=O. The molecule has 0 fully saturated rings. The molecule has 0 aromatic rings. The minimum absolute atomic E-state index is 0.112. The van der Waals surface area contributed by atoms with Crippen LogP contribution in [0.5, 0.6) is 0 Å². The average molecular weight is 424 g/mol. The molecule has 11 nitrogen and oxygen atoms in total. The lowest BCUT2D eigenvalue weighted by atomic mass is 10.1. The number of amides is 1. The van der Waals surface area contributed by atoms with Crippen LogP contribution in [0.3, 0.4) is 0 Å². The quantitative estimate of drug-likeness (QED) is 0.188. The lowest BCUT2D eigenvalue weighted by Gasteiger charge is -2.07. The van der Waals surface area contributed by atoms with Crippen LogP contribution in [0.15, 0.2) is 0 Å². The number of aldehydes is 1. The molecule has 7 N–H and O–H groups in total. The van der Waals surface area contributed by atoms with Crippen LogP contribution in [0.2, 0.25) is 0 Å². The number of hydrogen-bond acceptors (Lipinski definition) is 7. The maximum Gasteiger partial charge on any atom is 0.320 e. The van der Waals surface area contributed by atoms with Crippen molar-refractivity contribution in [2.45, 2.75) is 58.4 Å². The van der Waals surface area contributed by atoms with Crippen molar-refractivity contribution in [2.24, 2.45) is 11.7 Å². The molecular weight excluding hydrogens is 386 g/mol. The van der Waals surface area contributed by atoms with Gasteiger partial charge in [-0.1, -0.05) is 20.3 Å². The summed E-state index contributed by atoms with van der Waals surface area (Å²) in [5.41, 5.74) is 4.17. The van der Waals surface area contributed by atoms with Gasteiger partial charge in [0.25, 0.3) is 0 Å². The Morgan fingerprint density at radius 2 is 1.38 bits per heavy atom. The lowest BCUT2D eigenvalue weighted by molar-refractivity contribution is -0.141. The van der Waals surface area contributed by atoms with Gasteiger partial charge in [-0.3, -0.25) is 19.2 Å². The number of carboxylic acid groups (broad SMARTS) is 3. The van der Waals surface area contributed by atoms with Gasteiger partial charge in [-0.25, -0.2) is 0 Å². The first-order valence-electron chi connectivity index (χ1n) is 9.12. The minimum Gasteiger partial charge on any atom is -0.481 e. The average Bonchev–Trinajstić information content (AvgIpc) is 2.63. The van der Waals surface area contributed by atoms with Crippen LogP contribution >= 0.6 is 0 Å². The molecule has 1 amide bonds. The number of nitrogens with one attached hydrogen (secondary N) is 2. The summed E-state index contributed by atoms with van der Waals surface area (Å²) in [6, 6.07) is -0.758. The third-order valence-electron chi connectivity index (χ3n) is 2.88. The maximum absolute atomic E-state index is 10.3.